The highest BCUT2D eigenvalue weighted by Crippen LogP contribution is 2.42. The molecule has 0 unspecified atom stereocenters. The number of benzene rings is 3. The molecule has 5 heteroatoms. The lowest BCUT2D eigenvalue weighted by atomic mass is 9.89. The van der Waals surface area contributed by atoms with Crippen LogP contribution in [0.15, 0.2) is 78.9 Å². The van der Waals surface area contributed by atoms with E-state index in [9.17, 15) is 14.4 Å². The van der Waals surface area contributed by atoms with Crippen molar-refractivity contribution in [1.29, 1.82) is 0 Å². The van der Waals surface area contributed by atoms with Gasteiger partial charge in [0.05, 0.1) is 18.4 Å². The number of hydrogen-bond acceptors (Lipinski definition) is 4. The van der Waals surface area contributed by atoms with Crippen LogP contribution < -0.4 is 9.64 Å². The zero-order chi connectivity index (χ0) is 21.3. The third kappa shape index (κ3) is 3.20. The molecule has 0 saturated heterocycles. The van der Waals surface area contributed by atoms with Gasteiger partial charge in [-0.15, -0.1) is 0 Å². The lowest BCUT2D eigenvalue weighted by Crippen LogP contribution is -2.31. The summed E-state index contributed by atoms with van der Waals surface area (Å²) in [5.74, 6) is -0.550. The van der Waals surface area contributed by atoms with Gasteiger partial charge in [0.1, 0.15) is 5.75 Å². The van der Waals surface area contributed by atoms with Crippen molar-refractivity contribution in [2.75, 3.05) is 12.0 Å². The summed E-state index contributed by atoms with van der Waals surface area (Å²) in [6.07, 6.45) is 0. The molecular weight excluding hydrogens is 378 g/mol. The number of ether oxygens (including phenoxy) is 1. The van der Waals surface area contributed by atoms with Gasteiger partial charge in [0.15, 0.2) is 5.78 Å². The molecule has 3 aromatic rings. The SMILES string of the molecule is COc1ccc(/C(C(=O)c2ccccc2)=C2\C(=O)N(C(C)=O)c3ccccc32)cc1. The van der Waals surface area contributed by atoms with Crippen LogP contribution in [-0.2, 0) is 9.59 Å². The number of carbonyl (C=O) groups is 3. The standard InChI is InChI=1S/C25H19NO4/c1-16(27)26-21-11-7-6-10-20(21)23(25(26)29)22(17-12-14-19(30-2)15-13-17)24(28)18-8-4-3-5-9-18/h3-15H,1-2H3/b23-22+. The van der Waals surface area contributed by atoms with Crippen LogP contribution in [0.3, 0.4) is 0 Å². The van der Waals surface area contributed by atoms with Gasteiger partial charge in [-0.1, -0.05) is 60.7 Å². The van der Waals surface area contributed by atoms with E-state index in [2.05, 4.69) is 0 Å². The van der Waals surface area contributed by atoms with Gasteiger partial charge < -0.3 is 4.74 Å². The van der Waals surface area contributed by atoms with Gasteiger partial charge in [0.25, 0.3) is 5.91 Å². The van der Waals surface area contributed by atoms with E-state index in [1.54, 1.807) is 79.9 Å². The fraction of sp³-hybridized carbons (Fsp3) is 0.0800. The second-order valence-corrected chi connectivity index (χ2v) is 6.85. The Bertz CT molecular complexity index is 1180. The Kier molecular flexibility index (Phi) is 5.02. The van der Waals surface area contributed by atoms with Crippen LogP contribution in [0.5, 0.6) is 5.75 Å². The van der Waals surface area contributed by atoms with Crippen molar-refractivity contribution in [2.24, 2.45) is 0 Å². The second kappa shape index (κ2) is 7.79. The molecule has 1 aliphatic heterocycles. The Hall–Kier alpha value is -3.99. The quantitative estimate of drug-likeness (QED) is 0.484. The monoisotopic (exact) mass is 397 g/mol. The molecule has 2 amide bonds. The van der Waals surface area contributed by atoms with Gasteiger partial charge in [-0.2, -0.15) is 0 Å². The third-order valence-electron chi connectivity index (χ3n) is 5.04. The number of carbonyl (C=O) groups excluding carboxylic acids is 3. The van der Waals surface area contributed by atoms with Crippen LogP contribution in [0, 0.1) is 0 Å². The molecular formula is C25H19NO4. The molecule has 0 N–H and O–H groups in total. The molecule has 0 fully saturated rings. The zero-order valence-electron chi connectivity index (χ0n) is 16.6. The fourth-order valence-electron chi connectivity index (χ4n) is 3.65. The van der Waals surface area contributed by atoms with Crippen LogP contribution >= 0.6 is 0 Å². The Morgan fingerprint density at radius 2 is 1.43 bits per heavy atom. The van der Waals surface area contributed by atoms with E-state index in [1.807, 2.05) is 6.07 Å². The maximum Gasteiger partial charge on any atom is 0.266 e. The molecule has 0 saturated carbocycles. The molecule has 0 bridgehead atoms. The topological polar surface area (TPSA) is 63.7 Å². The predicted molar refractivity (Wildman–Crippen MR) is 115 cm³/mol. The first-order chi connectivity index (χ1) is 14.5. The number of amides is 2. The predicted octanol–water partition coefficient (Wildman–Crippen LogP) is 4.38. The van der Waals surface area contributed by atoms with E-state index in [1.165, 1.54) is 6.92 Å². The summed E-state index contributed by atoms with van der Waals surface area (Å²) < 4.78 is 5.22. The highest BCUT2D eigenvalue weighted by Gasteiger charge is 2.38. The van der Waals surface area contributed by atoms with E-state index in [0.717, 1.165) is 4.90 Å². The van der Waals surface area contributed by atoms with Gasteiger partial charge >= 0.3 is 0 Å². The second-order valence-electron chi connectivity index (χ2n) is 6.85. The van der Waals surface area contributed by atoms with Crippen molar-refractivity contribution < 1.29 is 19.1 Å². The number of imide groups is 1. The molecule has 30 heavy (non-hydrogen) atoms. The van der Waals surface area contributed by atoms with Crippen molar-refractivity contribution in [2.45, 2.75) is 6.92 Å². The highest BCUT2D eigenvalue weighted by molar-refractivity contribution is 6.51. The first kappa shape index (κ1) is 19.3. The average molecular weight is 397 g/mol. The van der Waals surface area contributed by atoms with Crippen molar-refractivity contribution in [3.05, 3.63) is 95.6 Å². The van der Waals surface area contributed by atoms with E-state index in [4.69, 9.17) is 4.74 Å². The van der Waals surface area contributed by atoms with Crippen LogP contribution in [0.2, 0.25) is 0 Å². The van der Waals surface area contributed by atoms with Crippen LogP contribution in [0.4, 0.5) is 5.69 Å². The van der Waals surface area contributed by atoms with E-state index >= 15 is 0 Å². The molecule has 1 heterocycles. The van der Waals surface area contributed by atoms with Gasteiger partial charge in [-0.25, -0.2) is 4.90 Å². The smallest absolute Gasteiger partial charge is 0.266 e. The Labute approximate surface area is 174 Å². The summed E-state index contributed by atoms with van der Waals surface area (Å²) in [6, 6.07) is 22.8. The maximum atomic E-state index is 13.6. The summed E-state index contributed by atoms with van der Waals surface area (Å²) in [6.45, 7) is 1.34. The average Bonchev–Trinajstić information content (AvgIpc) is 3.07. The lowest BCUT2D eigenvalue weighted by Gasteiger charge is -2.13. The molecule has 4 rings (SSSR count). The molecule has 0 atom stereocenters. The highest BCUT2D eigenvalue weighted by atomic mass is 16.5. The first-order valence-corrected chi connectivity index (χ1v) is 9.45. The van der Waals surface area contributed by atoms with Crippen molar-refractivity contribution in [3.63, 3.8) is 0 Å². The third-order valence-corrected chi connectivity index (χ3v) is 5.04. The number of hydrogen-bond donors (Lipinski definition) is 0. The molecule has 3 aromatic carbocycles. The van der Waals surface area contributed by atoms with Gasteiger partial charge in [-0.05, 0) is 23.8 Å². The van der Waals surface area contributed by atoms with Gasteiger partial charge in [0, 0.05) is 23.6 Å². The molecule has 5 nitrogen and oxygen atoms in total. The van der Waals surface area contributed by atoms with Crippen molar-refractivity contribution >= 4 is 34.4 Å². The zero-order valence-corrected chi connectivity index (χ0v) is 16.6. The minimum atomic E-state index is -0.501. The minimum absolute atomic E-state index is 0.222. The Balaban J connectivity index is 2.02. The molecule has 0 aliphatic carbocycles. The number of para-hydroxylation sites is 1. The normalized spacial score (nSPS) is 14.3. The number of allylic oxidation sites excluding steroid dienone is 1. The van der Waals surface area contributed by atoms with E-state index in [0.29, 0.717) is 28.1 Å². The minimum Gasteiger partial charge on any atom is -0.497 e. The Morgan fingerprint density at radius 1 is 0.800 bits per heavy atom. The van der Waals surface area contributed by atoms with Crippen LogP contribution in [-0.4, -0.2) is 24.7 Å². The molecule has 1 aliphatic rings. The van der Waals surface area contributed by atoms with Crippen LogP contribution in [0.25, 0.3) is 11.1 Å². The van der Waals surface area contributed by atoms with Crippen LogP contribution in [0.1, 0.15) is 28.4 Å². The summed E-state index contributed by atoms with van der Waals surface area (Å²) in [5.41, 5.74) is 2.56. The largest absolute Gasteiger partial charge is 0.497 e. The lowest BCUT2D eigenvalue weighted by molar-refractivity contribution is -0.122. The maximum absolute atomic E-state index is 13.6. The summed E-state index contributed by atoms with van der Waals surface area (Å²) >= 11 is 0. The number of anilines is 1. The van der Waals surface area contributed by atoms with E-state index < -0.39 is 11.8 Å². The number of Topliss-reactive ketones (excluding diaryl/α,β-unsaturated/α-hetero) is 1. The summed E-state index contributed by atoms with van der Waals surface area (Å²) in [7, 11) is 1.56. The van der Waals surface area contributed by atoms with Crippen molar-refractivity contribution in [1.82, 2.24) is 0 Å². The number of ketones is 1. The number of nitrogens with zero attached hydrogens (tertiary/aromatic N) is 1. The summed E-state index contributed by atoms with van der Waals surface area (Å²) in [4.78, 5) is 40.3. The van der Waals surface area contributed by atoms with Crippen molar-refractivity contribution in [3.8, 4) is 5.75 Å². The molecule has 0 radical (unpaired) electrons. The number of fused-ring (bicyclic) bond motifs is 1. The number of methoxy groups -OCH3 is 1. The van der Waals surface area contributed by atoms with E-state index in [-0.39, 0.29) is 16.9 Å². The Morgan fingerprint density at radius 3 is 2.07 bits per heavy atom. The number of rotatable bonds is 4. The fourth-order valence-corrected chi connectivity index (χ4v) is 3.65. The molecule has 148 valence electrons. The molecule has 0 aromatic heterocycles. The van der Waals surface area contributed by atoms with Gasteiger partial charge in [-0.3, -0.25) is 14.4 Å². The summed E-state index contributed by atoms with van der Waals surface area (Å²) in [5, 5.41) is 0. The molecule has 0 spiro atoms. The first-order valence-electron chi connectivity index (χ1n) is 9.45. The van der Waals surface area contributed by atoms with Gasteiger partial charge in [0.2, 0.25) is 5.91 Å².